The van der Waals surface area contributed by atoms with Gasteiger partial charge in [-0.05, 0) is 116 Å². The number of nitrogens with zero attached hydrogens (tertiary/aromatic N) is 1. The number of likely N-dealkylation sites (N-methyl/N-ethyl adjacent to an activating group) is 1. The van der Waals surface area contributed by atoms with E-state index >= 15 is 0 Å². The number of unbranched alkanes of at least 4 members (excludes halogenated alkanes) is 29. The lowest BCUT2D eigenvalue weighted by Crippen LogP contribution is -2.44. The first-order valence-electron chi connectivity index (χ1n) is 36.3. The average molecular weight is 1240 g/mol. The molecule has 0 aliphatic rings. The van der Waals surface area contributed by atoms with Crippen LogP contribution in [0.15, 0.2) is 134 Å². The normalized spacial score (nSPS) is 13.5. The summed E-state index contributed by atoms with van der Waals surface area (Å²) in [6.45, 7) is 4.62. The van der Waals surface area contributed by atoms with Crippen molar-refractivity contribution in [2.45, 2.75) is 309 Å². The molecule has 2 unspecified atom stereocenters. The van der Waals surface area contributed by atoms with E-state index in [0.29, 0.717) is 17.4 Å². The lowest BCUT2D eigenvalue weighted by molar-refractivity contribution is -0.870. The fourth-order valence-electron chi connectivity index (χ4n) is 9.86. The summed E-state index contributed by atoms with van der Waals surface area (Å²) in [4.78, 5) is 37.5. The van der Waals surface area contributed by atoms with Gasteiger partial charge in [0.2, 0.25) is 0 Å². The van der Waals surface area contributed by atoms with E-state index in [1.165, 1.54) is 154 Å². The van der Waals surface area contributed by atoms with E-state index in [2.05, 4.69) is 148 Å². The van der Waals surface area contributed by atoms with Gasteiger partial charge in [0, 0.05) is 12.8 Å². The molecule has 0 aromatic heterocycles. The van der Waals surface area contributed by atoms with Gasteiger partial charge in [0.05, 0.1) is 40.3 Å². The van der Waals surface area contributed by atoms with Crippen molar-refractivity contribution in [3.63, 3.8) is 0 Å². The van der Waals surface area contributed by atoms with E-state index in [1.54, 1.807) is 0 Å². The van der Waals surface area contributed by atoms with Gasteiger partial charge in [-0.1, -0.05) is 302 Å². The van der Waals surface area contributed by atoms with Crippen LogP contribution in [0.25, 0.3) is 0 Å². The molecule has 0 aromatic rings. The number of ether oxygens (including phenoxy) is 4. The molecule has 0 rings (SSSR count). The lowest BCUT2D eigenvalue weighted by Gasteiger charge is -2.26. The van der Waals surface area contributed by atoms with Crippen LogP contribution in [-0.2, 0) is 33.3 Å². The van der Waals surface area contributed by atoms with Crippen molar-refractivity contribution in [2.24, 2.45) is 0 Å². The third-order valence-corrected chi connectivity index (χ3v) is 15.4. The van der Waals surface area contributed by atoms with Crippen LogP contribution in [0.3, 0.4) is 0 Å². The van der Waals surface area contributed by atoms with Crippen molar-refractivity contribution < 1.29 is 42.9 Å². The molecule has 0 saturated heterocycles. The predicted octanol–water partition coefficient (Wildman–Crippen LogP) is 21.6. The fourth-order valence-corrected chi connectivity index (χ4v) is 9.86. The average Bonchev–Trinajstić information content (AvgIpc) is 3.64. The van der Waals surface area contributed by atoms with Gasteiger partial charge in [-0.15, -0.1) is 0 Å². The van der Waals surface area contributed by atoms with Crippen LogP contribution in [0.4, 0.5) is 0 Å². The zero-order chi connectivity index (χ0) is 64.7. The van der Waals surface area contributed by atoms with Crippen LogP contribution in [0.5, 0.6) is 0 Å². The summed E-state index contributed by atoms with van der Waals surface area (Å²) in [5, 5.41) is 11.8. The van der Waals surface area contributed by atoms with Crippen LogP contribution in [0, 0.1) is 0 Å². The summed E-state index contributed by atoms with van der Waals surface area (Å²) in [6.07, 6.45) is 96.7. The molecule has 9 heteroatoms. The maximum Gasteiger partial charge on any atom is 0.306 e. The third kappa shape index (κ3) is 70.7. The van der Waals surface area contributed by atoms with E-state index in [1.807, 2.05) is 21.1 Å². The minimum Gasteiger partial charge on any atom is -0.545 e. The SMILES string of the molecule is CC/C=C\C/C=C\C/C=C\C/C=C\C/C=C\C/C=C\C/C=C\C/C=C\C/C=C\CCCCCCCCCC(=O)OC(COC(=O)CCCCCCCCCCCCCCCCCCC/C=C\C/C=C\CCCCCCC)COC(OCC[N+](C)(C)C)C(=O)[O-]. The van der Waals surface area contributed by atoms with Gasteiger partial charge in [-0.25, -0.2) is 0 Å². The van der Waals surface area contributed by atoms with Crippen LogP contribution >= 0.6 is 0 Å². The zero-order valence-corrected chi connectivity index (χ0v) is 58.0. The minimum absolute atomic E-state index is 0.140. The molecule has 89 heavy (non-hydrogen) atoms. The molecule has 0 spiro atoms. The highest BCUT2D eigenvalue weighted by Crippen LogP contribution is 2.17. The number of carboxylic acid groups (broad SMARTS) is 1. The molecule has 0 N–H and O–H groups in total. The second-order valence-corrected chi connectivity index (χ2v) is 25.1. The fraction of sp³-hybridized carbons (Fsp3) is 0.688. The molecular formula is C80H135NO8. The first-order valence-corrected chi connectivity index (χ1v) is 36.3. The van der Waals surface area contributed by atoms with Crippen molar-refractivity contribution in [3.05, 3.63) is 134 Å². The maximum atomic E-state index is 12.9. The molecule has 0 saturated carbocycles. The quantitative estimate of drug-likeness (QED) is 0.0195. The first-order chi connectivity index (χ1) is 43.6. The number of carbonyl (C=O) groups is 3. The van der Waals surface area contributed by atoms with E-state index in [0.717, 1.165) is 109 Å². The number of aliphatic carboxylic acids is 1. The van der Waals surface area contributed by atoms with Crippen molar-refractivity contribution in [3.8, 4) is 0 Å². The van der Waals surface area contributed by atoms with Gasteiger partial charge in [0.1, 0.15) is 13.2 Å². The Bertz CT molecular complexity index is 1930. The number of esters is 2. The molecule has 9 nitrogen and oxygen atoms in total. The largest absolute Gasteiger partial charge is 0.545 e. The van der Waals surface area contributed by atoms with E-state index < -0.39 is 24.3 Å². The lowest BCUT2D eigenvalue weighted by atomic mass is 10.0. The summed E-state index contributed by atoms with van der Waals surface area (Å²) in [5.41, 5.74) is 0. The van der Waals surface area contributed by atoms with Gasteiger partial charge in [0.15, 0.2) is 12.4 Å². The standard InChI is InChI=1S/C80H135NO8/c1-6-8-10-12-14-16-18-20-22-24-26-28-30-32-34-36-37-38-39-40-41-43-45-47-49-51-53-55-57-59-61-63-65-67-69-71-78(83)89-76(75-88-80(79(84)85)86-73-72-81(3,4)5)74-87-77(82)70-68-66-64-62-60-58-56-54-52-50-48-46-44-42-35-33-31-29-27-25-23-21-19-17-15-13-11-9-7-2/h8,10,14,16,19-22,25-28,32,34,37-38,40-41,45,47,51,53,76,80H,6-7,9,11-13,15,17-18,23-24,29-31,33,35-36,39,42-44,46,48-50,52,54-75H2,1-5H3/b10-8-,16-14-,21-19-,22-20-,27-25-,28-26-,34-32-,38-37-,41-40-,47-45-,53-51-. The van der Waals surface area contributed by atoms with Gasteiger partial charge in [-0.3, -0.25) is 9.59 Å². The van der Waals surface area contributed by atoms with Gasteiger partial charge >= 0.3 is 11.9 Å². The number of allylic oxidation sites excluding steroid dienone is 22. The van der Waals surface area contributed by atoms with Gasteiger partial charge < -0.3 is 33.3 Å². The number of hydrogen-bond acceptors (Lipinski definition) is 8. The van der Waals surface area contributed by atoms with Gasteiger partial charge in [-0.2, -0.15) is 0 Å². The number of carbonyl (C=O) groups excluding carboxylic acids is 3. The predicted molar refractivity (Wildman–Crippen MR) is 379 cm³/mol. The molecule has 0 radical (unpaired) electrons. The Labute approximate surface area is 548 Å². The maximum absolute atomic E-state index is 12.9. The monoisotopic (exact) mass is 1240 g/mol. The third-order valence-electron chi connectivity index (χ3n) is 15.4. The topological polar surface area (TPSA) is 111 Å². The molecule has 2 atom stereocenters. The Balaban J connectivity index is 4.17. The summed E-state index contributed by atoms with van der Waals surface area (Å²) < 4.78 is 22.8. The summed E-state index contributed by atoms with van der Waals surface area (Å²) >= 11 is 0. The summed E-state index contributed by atoms with van der Waals surface area (Å²) in [6, 6.07) is 0. The van der Waals surface area contributed by atoms with Crippen molar-refractivity contribution in [1.82, 2.24) is 0 Å². The van der Waals surface area contributed by atoms with Crippen LogP contribution in [0.1, 0.15) is 296 Å². The molecule has 508 valence electrons. The molecule has 0 aliphatic carbocycles. The van der Waals surface area contributed by atoms with Crippen LogP contribution in [0.2, 0.25) is 0 Å². The second-order valence-electron chi connectivity index (χ2n) is 25.1. The Kier molecular flexibility index (Phi) is 65.8. The van der Waals surface area contributed by atoms with Crippen molar-refractivity contribution in [1.29, 1.82) is 0 Å². The highest BCUT2D eigenvalue weighted by molar-refractivity contribution is 5.70. The molecular weight excluding hydrogens is 1100 g/mol. The smallest absolute Gasteiger partial charge is 0.306 e. The van der Waals surface area contributed by atoms with Gasteiger partial charge in [0.25, 0.3) is 0 Å². The number of rotatable bonds is 66. The summed E-state index contributed by atoms with van der Waals surface area (Å²) in [5.74, 6) is -2.30. The number of hydrogen-bond donors (Lipinski definition) is 0. The Morgan fingerprint density at radius 1 is 0.348 bits per heavy atom. The highest BCUT2D eigenvalue weighted by atomic mass is 16.7. The summed E-state index contributed by atoms with van der Waals surface area (Å²) in [7, 11) is 5.92. The Hall–Kier alpha value is -4.57. The molecule has 0 aromatic carbocycles. The molecule has 0 heterocycles. The van der Waals surface area contributed by atoms with Crippen molar-refractivity contribution in [2.75, 3.05) is 47.5 Å². The van der Waals surface area contributed by atoms with E-state index in [-0.39, 0.29) is 38.6 Å². The van der Waals surface area contributed by atoms with Crippen molar-refractivity contribution >= 4 is 17.9 Å². The molecule has 0 fully saturated rings. The zero-order valence-electron chi connectivity index (χ0n) is 58.0. The first kappa shape index (κ1) is 84.4. The second kappa shape index (κ2) is 69.3. The minimum atomic E-state index is -1.63. The molecule has 0 aliphatic heterocycles. The van der Waals surface area contributed by atoms with E-state index in [9.17, 15) is 19.5 Å². The Morgan fingerprint density at radius 3 is 0.955 bits per heavy atom. The van der Waals surface area contributed by atoms with Crippen LogP contribution < -0.4 is 5.11 Å². The molecule has 0 amide bonds. The molecule has 0 bridgehead atoms. The van der Waals surface area contributed by atoms with E-state index in [4.69, 9.17) is 18.9 Å². The Morgan fingerprint density at radius 2 is 0.640 bits per heavy atom. The number of quaternary nitrogens is 1. The highest BCUT2D eigenvalue weighted by Gasteiger charge is 2.22. The number of carboxylic acids is 1. The van der Waals surface area contributed by atoms with Crippen LogP contribution in [-0.4, -0.2) is 82.3 Å².